The number of hydrogen-bond donors (Lipinski definition) is 2. The Kier molecular flexibility index (Phi) is 4.16. The summed E-state index contributed by atoms with van der Waals surface area (Å²) >= 11 is 12.4. The summed E-state index contributed by atoms with van der Waals surface area (Å²) in [7, 11) is 1.84. The molecule has 20 heavy (non-hydrogen) atoms. The Labute approximate surface area is 128 Å². The average Bonchev–Trinajstić information content (AvgIpc) is 2.63. The van der Waals surface area contributed by atoms with E-state index in [-0.39, 0.29) is 5.92 Å². The maximum absolute atomic E-state index is 6.23. The van der Waals surface area contributed by atoms with Gasteiger partial charge in [-0.3, -0.25) is 4.68 Å². The van der Waals surface area contributed by atoms with Crippen LogP contribution in [0.4, 0.5) is 17.2 Å². The van der Waals surface area contributed by atoms with E-state index in [9.17, 15) is 0 Å². The number of aromatic nitrogens is 2. The number of nitrogens with one attached hydrogen (secondary N) is 1. The molecule has 4 nitrogen and oxygen atoms in total. The molecule has 0 radical (unpaired) electrons. The van der Waals surface area contributed by atoms with Crippen molar-refractivity contribution in [2.24, 2.45) is 7.05 Å². The quantitative estimate of drug-likeness (QED) is 0.878. The maximum atomic E-state index is 6.23. The molecule has 0 fully saturated rings. The van der Waals surface area contributed by atoms with Crippen LogP contribution < -0.4 is 11.1 Å². The van der Waals surface area contributed by atoms with Gasteiger partial charge in [0.1, 0.15) is 0 Å². The fourth-order valence-electron chi connectivity index (χ4n) is 2.01. The fraction of sp³-hybridized carbons (Fsp3) is 0.357. The number of benzene rings is 1. The van der Waals surface area contributed by atoms with E-state index in [1.807, 2.05) is 20.0 Å². The first-order valence-electron chi connectivity index (χ1n) is 6.36. The van der Waals surface area contributed by atoms with Crippen molar-refractivity contribution in [3.05, 3.63) is 33.4 Å². The largest absolute Gasteiger partial charge is 0.394 e. The van der Waals surface area contributed by atoms with Crippen molar-refractivity contribution >= 4 is 40.4 Å². The summed E-state index contributed by atoms with van der Waals surface area (Å²) in [6, 6.07) is 3.61. The van der Waals surface area contributed by atoms with Crippen LogP contribution in [0.3, 0.4) is 0 Å². The molecule has 1 aromatic heterocycles. The van der Waals surface area contributed by atoms with Crippen molar-refractivity contribution in [2.45, 2.75) is 26.7 Å². The number of halogens is 2. The van der Waals surface area contributed by atoms with Crippen LogP contribution in [0, 0.1) is 6.92 Å². The van der Waals surface area contributed by atoms with Crippen LogP contribution in [0.15, 0.2) is 12.1 Å². The molecule has 0 aliphatic carbocycles. The molecule has 0 atom stereocenters. The van der Waals surface area contributed by atoms with Gasteiger partial charge in [-0.05, 0) is 30.5 Å². The Morgan fingerprint density at radius 1 is 1.25 bits per heavy atom. The highest BCUT2D eigenvalue weighted by atomic mass is 35.5. The monoisotopic (exact) mass is 312 g/mol. The number of nitrogens with zero attached hydrogens (tertiary/aromatic N) is 2. The first-order valence-corrected chi connectivity index (χ1v) is 7.12. The standard InChI is InChI=1S/C14H18Cl2N4/c1-7(2)13-12(17)14(20(4)19-13)18-11-6-9(15)8(3)5-10(11)16/h5-7,18H,17H2,1-4H3. The molecule has 0 saturated heterocycles. The Balaban J connectivity index is 2.43. The van der Waals surface area contributed by atoms with Gasteiger partial charge in [0.25, 0.3) is 0 Å². The van der Waals surface area contributed by atoms with E-state index < -0.39 is 0 Å². The summed E-state index contributed by atoms with van der Waals surface area (Å²) in [5, 5.41) is 8.89. The molecule has 108 valence electrons. The Hall–Kier alpha value is -1.39. The molecular weight excluding hydrogens is 295 g/mol. The average molecular weight is 313 g/mol. The van der Waals surface area contributed by atoms with Crippen LogP contribution in [0.2, 0.25) is 10.0 Å². The molecule has 2 rings (SSSR count). The molecule has 0 aliphatic heterocycles. The third kappa shape index (κ3) is 2.72. The lowest BCUT2D eigenvalue weighted by atomic mass is 10.1. The van der Waals surface area contributed by atoms with Crippen molar-refractivity contribution in [1.82, 2.24) is 9.78 Å². The molecule has 0 bridgehead atoms. The van der Waals surface area contributed by atoms with Crippen molar-refractivity contribution in [3.63, 3.8) is 0 Å². The predicted octanol–water partition coefficient (Wildman–Crippen LogP) is 4.48. The molecular formula is C14H18Cl2N4. The van der Waals surface area contributed by atoms with Gasteiger partial charge in [-0.1, -0.05) is 37.0 Å². The van der Waals surface area contributed by atoms with E-state index in [4.69, 9.17) is 28.9 Å². The molecule has 6 heteroatoms. The third-order valence-electron chi connectivity index (χ3n) is 3.16. The zero-order valence-corrected chi connectivity index (χ0v) is 13.5. The van der Waals surface area contributed by atoms with Crippen LogP contribution >= 0.6 is 23.2 Å². The summed E-state index contributed by atoms with van der Waals surface area (Å²) in [6.45, 7) is 6.02. The van der Waals surface area contributed by atoms with Crippen molar-refractivity contribution in [1.29, 1.82) is 0 Å². The van der Waals surface area contributed by atoms with Gasteiger partial charge in [-0.15, -0.1) is 0 Å². The number of nitrogen functional groups attached to an aromatic ring is 1. The van der Waals surface area contributed by atoms with Gasteiger partial charge < -0.3 is 11.1 Å². The normalized spacial score (nSPS) is 11.2. The van der Waals surface area contributed by atoms with Gasteiger partial charge in [-0.25, -0.2) is 0 Å². The number of aryl methyl sites for hydroxylation is 2. The lowest BCUT2D eigenvalue weighted by molar-refractivity contribution is 0.718. The number of hydrogen-bond acceptors (Lipinski definition) is 3. The molecule has 0 unspecified atom stereocenters. The van der Waals surface area contributed by atoms with Gasteiger partial charge in [-0.2, -0.15) is 5.10 Å². The van der Waals surface area contributed by atoms with Gasteiger partial charge in [0.2, 0.25) is 0 Å². The number of rotatable bonds is 3. The van der Waals surface area contributed by atoms with E-state index in [0.29, 0.717) is 21.4 Å². The van der Waals surface area contributed by atoms with E-state index in [1.54, 1.807) is 10.7 Å². The first kappa shape index (κ1) is 15.0. The highest BCUT2D eigenvalue weighted by Crippen LogP contribution is 2.34. The van der Waals surface area contributed by atoms with Crippen LogP contribution in [-0.2, 0) is 7.05 Å². The SMILES string of the molecule is Cc1cc(Cl)c(Nc2c(N)c(C(C)C)nn2C)cc1Cl. The minimum Gasteiger partial charge on any atom is -0.394 e. The highest BCUT2D eigenvalue weighted by Gasteiger charge is 2.17. The number of anilines is 3. The lowest BCUT2D eigenvalue weighted by Gasteiger charge is -2.11. The van der Waals surface area contributed by atoms with E-state index in [1.165, 1.54) is 0 Å². The predicted molar refractivity (Wildman–Crippen MR) is 86.2 cm³/mol. The van der Waals surface area contributed by atoms with Crippen LogP contribution in [-0.4, -0.2) is 9.78 Å². The molecule has 1 aromatic carbocycles. The summed E-state index contributed by atoms with van der Waals surface area (Å²) in [6.07, 6.45) is 0. The fourth-order valence-corrected chi connectivity index (χ4v) is 2.43. The summed E-state index contributed by atoms with van der Waals surface area (Å²) < 4.78 is 1.72. The Morgan fingerprint density at radius 3 is 2.45 bits per heavy atom. The molecule has 2 aromatic rings. The third-order valence-corrected chi connectivity index (χ3v) is 3.88. The second kappa shape index (κ2) is 5.54. The molecule has 0 amide bonds. The molecule has 0 saturated carbocycles. The highest BCUT2D eigenvalue weighted by molar-refractivity contribution is 6.35. The van der Waals surface area contributed by atoms with Gasteiger partial charge in [0, 0.05) is 12.1 Å². The molecule has 3 N–H and O–H groups in total. The first-order chi connectivity index (χ1) is 9.31. The molecule has 0 aliphatic rings. The Morgan fingerprint density at radius 2 is 1.90 bits per heavy atom. The second-order valence-electron chi connectivity index (χ2n) is 5.13. The molecule has 0 spiro atoms. The summed E-state index contributed by atoms with van der Waals surface area (Å²) in [5.74, 6) is 0.976. The lowest BCUT2D eigenvalue weighted by Crippen LogP contribution is -2.02. The van der Waals surface area contributed by atoms with Gasteiger partial charge in [0.05, 0.1) is 22.1 Å². The summed E-state index contributed by atoms with van der Waals surface area (Å²) in [4.78, 5) is 0. The van der Waals surface area contributed by atoms with Crippen LogP contribution in [0.25, 0.3) is 0 Å². The van der Waals surface area contributed by atoms with Crippen molar-refractivity contribution in [3.8, 4) is 0 Å². The Bertz CT molecular complexity index is 647. The second-order valence-corrected chi connectivity index (χ2v) is 5.95. The maximum Gasteiger partial charge on any atom is 0.152 e. The zero-order chi connectivity index (χ0) is 15.0. The van der Waals surface area contributed by atoms with Crippen LogP contribution in [0.5, 0.6) is 0 Å². The topological polar surface area (TPSA) is 55.9 Å². The minimum atomic E-state index is 0.258. The molecule has 1 heterocycles. The van der Waals surface area contributed by atoms with Gasteiger partial charge in [0.15, 0.2) is 5.82 Å². The van der Waals surface area contributed by atoms with E-state index >= 15 is 0 Å². The van der Waals surface area contributed by atoms with E-state index in [2.05, 4.69) is 24.3 Å². The smallest absolute Gasteiger partial charge is 0.152 e. The van der Waals surface area contributed by atoms with Crippen molar-refractivity contribution in [2.75, 3.05) is 11.1 Å². The van der Waals surface area contributed by atoms with Gasteiger partial charge >= 0.3 is 0 Å². The van der Waals surface area contributed by atoms with Crippen LogP contribution in [0.1, 0.15) is 31.0 Å². The zero-order valence-electron chi connectivity index (χ0n) is 12.0. The minimum absolute atomic E-state index is 0.258. The van der Waals surface area contributed by atoms with Crippen molar-refractivity contribution < 1.29 is 0 Å². The van der Waals surface area contributed by atoms with E-state index in [0.717, 1.165) is 17.1 Å². The summed E-state index contributed by atoms with van der Waals surface area (Å²) in [5.41, 5.74) is 9.30. The number of nitrogens with two attached hydrogens (primary N) is 1.